The second kappa shape index (κ2) is 8.41. The zero-order valence-electron chi connectivity index (χ0n) is 10.4. The molecule has 1 atom stereocenters. The van der Waals surface area contributed by atoms with Crippen molar-refractivity contribution >= 4 is 40.7 Å². The molecule has 0 unspecified atom stereocenters. The molecule has 0 rings (SSSR count). The van der Waals surface area contributed by atoms with Crippen molar-refractivity contribution in [2.24, 2.45) is 5.92 Å². The van der Waals surface area contributed by atoms with Gasteiger partial charge in [0.15, 0.2) is 6.23 Å². The van der Waals surface area contributed by atoms with Crippen molar-refractivity contribution in [3.05, 3.63) is 0 Å². The number of amides is 1. The number of alkyl halides is 3. The summed E-state index contributed by atoms with van der Waals surface area (Å²) in [5.41, 5.74) is 0. The number of carbonyl (C=O) groups excluding carboxylic acids is 1. The number of nitrogens with one attached hydrogen (secondary N) is 1. The van der Waals surface area contributed by atoms with Crippen LogP contribution >= 0.6 is 34.8 Å². The van der Waals surface area contributed by atoms with Crippen LogP contribution in [-0.2, 0) is 9.53 Å². The molecule has 0 aliphatic carbocycles. The monoisotopic (exact) mass is 303 g/mol. The molecule has 0 saturated heterocycles. The van der Waals surface area contributed by atoms with Gasteiger partial charge in [0, 0.05) is 13.0 Å². The Morgan fingerprint density at radius 2 is 1.94 bits per heavy atom. The van der Waals surface area contributed by atoms with E-state index in [1.165, 1.54) is 0 Å². The van der Waals surface area contributed by atoms with Gasteiger partial charge in [0.1, 0.15) is 0 Å². The molecule has 0 spiro atoms. The molecule has 0 aliphatic heterocycles. The van der Waals surface area contributed by atoms with Crippen molar-refractivity contribution < 1.29 is 9.53 Å². The fourth-order valence-corrected chi connectivity index (χ4v) is 1.49. The lowest BCUT2D eigenvalue weighted by Crippen LogP contribution is -2.46. The molecule has 17 heavy (non-hydrogen) atoms. The molecule has 0 heterocycles. The minimum atomic E-state index is -1.65. The first-order valence-corrected chi connectivity index (χ1v) is 6.88. The van der Waals surface area contributed by atoms with E-state index in [4.69, 9.17) is 39.5 Å². The predicted octanol–water partition coefficient (Wildman–Crippen LogP) is 3.66. The van der Waals surface area contributed by atoms with Gasteiger partial charge in [-0.2, -0.15) is 0 Å². The van der Waals surface area contributed by atoms with Crippen LogP contribution in [0.4, 0.5) is 0 Å². The third kappa shape index (κ3) is 8.95. The number of hydrogen-bond donors (Lipinski definition) is 1. The van der Waals surface area contributed by atoms with E-state index in [2.05, 4.69) is 5.32 Å². The lowest BCUT2D eigenvalue weighted by Gasteiger charge is -2.26. The molecule has 0 aromatic heterocycles. The largest absolute Gasteiger partial charge is 0.354 e. The number of ether oxygens (including phenoxy) is 1. The van der Waals surface area contributed by atoms with Crippen LogP contribution in [0.2, 0.25) is 0 Å². The van der Waals surface area contributed by atoms with Crippen LogP contribution in [0.15, 0.2) is 0 Å². The standard InChI is InChI=1S/C11H20Cl3NO2/c1-4-5-6-17-10(11(12,13)14)15-9(16)7-8(2)3/h8,10H,4-7H2,1-3H3,(H,15,16)/t10-/m1/s1. The summed E-state index contributed by atoms with van der Waals surface area (Å²) < 4.78 is 3.72. The van der Waals surface area contributed by atoms with Gasteiger partial charge in [-0.15, -0.1) is 0 Å². The molecule has 0 aromatic rings. The van der Waals surface area contributed by atoms with Gasteiger partial charge in [-0.25, -0.2) is 0 Å². The van der Waals surface area contributed by atoms with Crippen molar-refractivity contribution in [2.45, 2.75) is 50.1 Å². The Morgan fingerprint density at radius 1 is 1.35 bits per heavy atom. The van der Waals surface area contributed by atoms with Gasteiger partial charge in [0.25, 0.3) is 0 Å². The van der Waals surface area contributed by atoms with E-state index < -0.39 is 10.0 Å². The van der Waals surface area contributed by atoms with Crippen molar-refractivity contribution in [3.63, 3.8) is 0 Å². The van der Waals surface area contributed by atoms with Crippen LogP contribution < -0.4 is 5.32 Å². The van der Waals surface area contributed by atoms with Gasteiger partial charge in [-0.1, -0.05) is 62.0 Å². The Bertz CT molecular complexity index is 229. The topological polar surface area (TPSA) is 38.3 Å². The first-order valence-electron chi connectivity index (χ1n) is 5.75. The minimum absolute atomic E-state index is 0.173. The van der Waals surface area contributed by atoms with E-state index in [0.717, 1.165) is 12.8 Å². The van der Waals surface area contributed by atoms with Gasteiger partial charge in [0.2, 0.25) is 9.70 Å². The second-order valence-electron chi connectivity index (χ2n) is 4.31. The van der Waals surface area contributed by atoms with Gasteiger partial charge in [-0.05, 0) is 12.3 Å². The Morgan fingerprint density at radius 3 is 2.35 bits per heavy atom. The summed E-state index contributed by atoms with van der Waals surface area (Å²) in [7, 11) is 0. The third-order valence-corrected chi connectivity index (χ3v) is 2.56. The average molecular weight is 305 g/mol. The molecule has 0 aliphatic rings. The maximum Gasteiger partial charge on any atom is 0.234 e. The van der Waals surface area contributed by atoms with E-state index >= 15 is 0 Å². The van der Waals surface area contributed by atoms with Crippen LogP contribution in [0, 0.1) is 5.92 Å². The molecule has 0 fully saturated rings. The molecule has 102 valence electrons. The summed E-state index contributed by atoms with van der Waals surface area (Å²) >= 11 is 17.2. The van der Waals surface area contributed by atoms with Crippen molar-refractivity contribution in [1.29, 1.82) is 0 Å². The molecular weight excluding hydrogens is 284 g/mol. The highest BCUT2D eigenvalue weighted by Crippen LogP contribution is 2.31. The fraction of sp³-hybridized carbons (Fsp3) is 0.909. The number of hydrogen-bond acceptors (Lipinski definition) is 2. The molecule has 0 bridgehead atoms. The fourth-order valence-electron chi connectivity index (χ4n) is 1.14. The quantitative estimate of drug-likeness (QED) is 0.443. The SMILES string of the molecule is CCCCO[C@@H](NC(=O)CC(C)C)C(Cl)(Cl)Cl. The Balaban J connectivity index is 4.24. The Labute approximate surface area is 118 Å². The molecule has 0 radical (unpaired) electrons. The molecule has 0 saturated carbocycles. The molecule has 1 amide bonds. The van der Waals surface area contributed by atoms with Crippen molar-refractivity contribution in [2.75, 3.05) is 6.61 Å². The summed E-state index contributed by atoms with van der Waals surface area (Å²) in [6.45, 7) is 6.38. The zero-order valence-corrected chi connectivity index (χ0v) is 12.7. The highest BCUT2D eigenvalue weighted by Gasteiger charge is 2.34. The predicted molar refractivity (Wildman–Crippen MR) is 72.5 cm³/mol. The molecule has 1 N–H and O–H groups in total. The van der Waals surface area contributed by atoms with Gasteiger partial charge in [0.05, 0.1) is 0 Å². The third-order valence-electron chi connectivity index (χ3n) is 1.97. The normalized spacial score (nSPS) is 13.8. The second-order valence-corrected chi connectivity index (χ2v) is 6.68. The van der Waals surface area contributed by atoms with E-state index in [1.54, 1.807) is 0 Å². The average Bonchev–Trinajstić information content (AvgIpc) is 2.13. The number of halogens is 3. The number of rotatable bonds is 7. The van der Waals surface area contributed by atoms with Gasteiger partial charge < -0.3 is 10.1 Å². The molecular formula is C11H20Cl3NO2. The lowest BCUT2D eigenvalue weighted by atomic mass is 10.1. The van der Waals surface area contributed by atoms with E-state index in [9.17, 15) is 4.79 Å². The van der Waals surface area contributed by atoms with E-state index in [1.807, 2.05) is 20.8 Å². The van der Waals surface area contributed by atoms with Crippen LogP contribution in [0.5, 0.6) is 0 Å². The summed E-state index contributed by atoms with van der Waals surface area (Å²) in [5.74, 6) is 0.0782. The Kier molecular flexibility index (Phi) is 8.56. The van der Waals surface area contributed by atoms with Gasteiger partial charge >= 0.3 is 0 Å². The number of carbonyl (C=O) groups is 1. The highest BCUT2D eigenvalue weighted by molar-refractivity contribution is 6.68. The van der Waals surface area contributed by atoms with Crippen LogP contribution in [0.1, 0.15) is 40.0 Å². The first-order chi connectivity index (χ1) is 7.77. The number of unbranched alkanes of at least 4 members (excludes halogenated alkanes) is 1. The zero-order chi connectivity index (χ0) is 13.5. The summed E-state index contributed by atoms with van der Waals surface area (Å²) in [5, 5.41) is 2.59. The summed E-state index contributed by atoms with van der Waals surface area (Å²) in [6, 6.07) is 0. The lowest BCUT2D eigenvalue weighted by molar-refractivity contribution is -0.126. The van der Waals surface area contributed by atoms with Crippen LogP contribution in [0.3, 0.4) is 0 Å². The smallest absolute Gasteiger partial charge is 0.234 e. The van der Waals surface area contributed by atoms with Crippen LogP contribution in [0.25, 0.3) is 0 Å². The van der Waals surface area contributed by atoms with Crippen molar-refractivity contribution in [1.82, 2.24) is 5.32 Å². The summed E-state index contributed by atoms with van der Waals surface area (Å²) in [6.07, 6.45) is 1.32. The Hall–Kier alpha value is 0.300. The molecule has 0 aromatic carbocycles. The first kappa shape index (κ1) is 17.3. The molecule has 6 heteroatoms. The highest BCUT2D eigenvalue weighted by atomic mass is 35.6. The van der Waals surface area contributed by atoms with Crippen LogP contribution in [-0.4, -0.2) is 22.5 Å². The van der Waals surface area contributed by atoms with E-state index in [-0.39, 0.29) is 11.8 Å². The maximum atomic E-state index is 11.6. The van der Waals surface area contributed by atoms with Crippen molar-refractivity contribution in [3.8, 4) is 0 Å². The molecule has 3 nitrogen and oxygen atoms in total. The van der Waals surface area contributed by atoms with Gasteiger partial charge in [-0.3, -0.25) is 4.79 Å². The maximum absolute atomic E-state index is 11.6. The van der Waals surface area contributed by atoms with E-state index in [0.29, 0.717) is 13.0 Å². The minimum Gasteiger partial charge on any atom is -0.354 e. The summed E-state index contributed by atoms with van der Waals surface area (Å²) in [4.78, 5) is 11.6.